The van der Waals surface area contributed by atoms with Crippen molar-refractivity contribution in [2.45, 2.75) is 84.1 Å². The number of carbonyl (C=O) groups excluding carboxylic acids is 1. The lowest BCUT2D eigenvalue weighted by Gasteiger charge is -2.46. The third-order valence-corrected chi connectivity index (χ3v) is 7.54. The van der Waals surface area contributed by atoms with Crippen molar-refractivity contribution in [1.29, 1.82) is 0 Å². The van der Waals surface area contributed by atoms with Crippen LogP contribution >= 0.6 is 0 Å². The molecule has 1 amide bonds. The normalized spacial score (nSPS) is 25.8. The van der Waals surface area contributed by atoms with Crippen molar-refractivity contribution in [1.82, 2.24) is 9.62 Å². The first-order valence-electron chi connectivity index (χ1n) is 10.5. The van der Waals surface area contributed by atoms with Crippen molar-refractivity contribution in [3.63, 3.8) is 0 Å². The van der Waals surface area contributed by atoms with Crippen LogP contribution in [0.4, 0.5) is 4.79 Å². The molecule has 1 aromatic rings. The van der Waals surface area contributed by atoms with Gasteiger partial charge in [0, 0.05) is 29.9 Å². The Balaban J connectivity index is 1.84. The van der Waals surface area contributed by atoms with Crippen LogP contribution in [0.3, 0.4) is 0 Å². The van der Waals surface area contributed by atoms with Gasteiger partial charge in [0.2, 0.25) is 0 Å². The third-order valence-electron chi connectivity index (χ3n) is 5.93. The summed E-state index contributed by atoms with van der Waals surface area (Å²) < 4.78 is 21.6. The van der Waals surface area contributed by atoms with Crippen LogP contribution in [0.1, 0.15) is 64.7 Å². The van der Waals surface area contributed by atoms with Crippen molar-refractivity contribution in [2.24, 2.45) is 5.41 Å². The molecular weight excluding hydrogens is 384 g/mol. The summed E-state index contributed by atoms with van der Waals surface area (Å²) >= 11 is -1.20. The van der Waals surface area contributed by atoms with E-state index >= 15 is 0 Å². The highest BCUT2D eigenvalue weighted by Gasteiger charge is 2.50. The third kappa shape index (κ3) is 5.09. The van der Waals surface area contributed by atoms with Crippen LogP contribution in [-0.4, -0.2) is 45.0 Å². The van der Waals surface area contributed by atoms with Crippen LogP contribution in [0.25, 0.3) is 0 Å². The highest BCUT2D eigenvalue weighted by atomic mass is 32.2. The van der Waals surface area contributed by atoms with E-state index in [1.807, 2.05) is 41.5 Å². The zero-order valence-electron chi connectivity index (χ0n) is 18.9. The molecule has 1 N–H and O–H groups in total. The molecule has 162 valence electrons. The zero-order valence-corrected chi connectivity index (χ0v) is 19.7. The Bertz CT molecular complexity index is 768. The molecule has 3 rings (SSSR count). The fraction of sp³-hybridized carbons (Fsp3) is 0.696. The van der Waals surface area contributed by atoms with Crippen molar-refractivity contribution in [3.05, 3.63) is 34.9 Å². The Labute approximate surface area is 178 Å². The average molecular weight is 421 g/mol. The number of amides is 1. The molecule has 5 nitrogen and oxygen atoms in total. The summed E-state index contributed by atoms with van der Waals surface area (Å²) in [6.45, 7) is 14.9. The van der Waals surface area contributed by atoms with Gasteiger partial charge in [-0.05, 0) is 78.9 Å². The number of nitrogens with one attached hydrogen (secondary N) is 1. The number of ether oxygens (including phenoxy) is 1. The lowest BCUT2D eigenvalue weighted by molar-refractivity contribution is 0.00423. The second-order valence-electron chi connectivity index (χ2n) is 10.7. The molecule has 0 bridgehead atoms. The monoisotopic (exact) mass is 420 g/mol. The van der Waals surface area contributed by atoms with Gasteiger partial charge in [0.1, 0.15) is 10.3 Å². The Morgan fingerprint density at radius 2 is 1.86 bits per heavy atom. The van der Waals surface area contributed by atoms with E-state index in [0.29, 0.717) is 13.1 Å². The van der Waals surface area contributed by atoms with Gasteiger partial charge in [0.05, 0.1) is 6.04 Å². The van der Waals surface area contributed by atoms with E-state index in [-0.39, 0.29) is 22.3 Å². The maximum Gasteiger partial charge on any atom is 0.410 e. The molecule has 29 heavy (non-hydrogen) atoms. The quantitative estimate of drug-likeness (QED) is 0.730. The maximum atomic E-state index is 13.0. The van der Waals surface area contributed by atoms with E-state index in [2.05, 4.69) is 29.8 Å². The van der Waals surface area contributed by atoms with E-state index < -0.39 is 17.0 Å². The molecule has 2 unspecified atom stereocenters. The van der Waals surface area contributed by atoms with Gasteiger partial charge in [-0.15, -0.1) is 4.72 Å². The number of benzene rings is 1. The summed E-state index contributed by atoms with van der Waals surface area (Å²) in [6.07, 6.45) is 2.51. The number of rotatable bonds is 2. The minimum atomic E-state index is -1.20. The predicted molar refractivity (Wildman–Crippen MR) is 118 cm³/mol. The number of fused-ring (bicyclic) bond motifs is 1. The van der Waals surface area contributed by atoms with Gasteiger partial charge < -0.3 is 14.2 Å². The molecule has 1 fully saturated rings. The van der Waals surface area contributed by atoms with E-state index in [1.165, 1.54) is 16.7 Å². The zero-order chi connectivity index (χ0) is 21.6. The van der Waals surface area contributed by atoms with Crippen molar-refractivity contribution in [3.8, 4) is 0 Å². The number of carbonyl (C=O) groups is 1. The smallest absolute Gasteiger partial charge is 0.410 e. The number of hydrogen-bond donors (Lipinski definition) is 1. The van der Waals surface area contributed by atoms with Gasteiger partial charge in [-0.2, -0.15) is 0 Å². The summed E-state index contributed by atoms with van der Waals surface area (Å²) in [4.78, 5) is 14.5. The van der Waals surface area contributed by atoms with Crippen LogP contribution in [0, 0.1) is 12.3 Å². The second-order valence-corrected chi connectivity index (χ2v) is 12.7. The van der Waals surface area contributed by atoms with Crippen LogP contribution in [-0.2, 0) is 28.9 Å². The molecule has 0 radical (unpaired) electrons. The molecule has 1 spiro atoms. The first-order chi connectivity index (χ1) is 13.3. The van der Waals surface area contributed by atoms with E-state index in [1.54, 1.807) is 4.90 Å². The fourth-order valence-corrected chi connectivity index (χ4v) is 5.27. The lowest BCUT2D eigenvalue weighted by atomic mass is 9.72. The minimum absolute atomic E-state index is 0.0183. The summed E-state index contributed by atoms with van der Waals surface area (Å²) in [5.41, 5.74) is 3.51. The molecule has 1 heterocycles. The number of aryl methyl sites for hydroxylation is 1. The fourth-order valence-electron chi connectivity index (χ4n) is 4.33. The summed E-state index contributed by atoms with van der Waals surface area (Å²) in [5.74, 6) is 0. The molecular formula is C23H36N2O3S. The molecule has 1 aliphatic heterocycles. The van der Waals surface area contributed by atoms with Gasteiger partial charge in [-0.1, -0.05) is 23.8 Å². The highest BCUT2D eigenvalue weighted by Crippen LogP contribution is 2.45. The summed E-state index contributed by atoms with van der Waals surface area (Å²) in [6, 6.07) is 6.64. The first kappa shape index (κ1) is 22.4. The number of nitrogens with zero attached hydrogens (tertiary/aromatic N) is 1. The Kier molecular flexibility index (Phi) is 6.03. The Morgan fingerprint density at radius 1 is 1.21 bits per heavy atom. The Hall–Kier alpha value is -1.24. The average Bonchev–Trinajstić information content (AvgIpc) is 2.92. The van der Waals surface area contributed by atoms with E-state index in [0.717, 1.165) is 19.3 Å². The molecule has 6 heteroatoms. The topological polar surface area (TPSA) is 64.6 Å². The van der Waals surface area contributed by atoms with Crippen LogP contribution in [0.15, 0.2) is 18.2 Å². The van der Waals surface area contributed by atoms with Gasteiger partial charge in [0.15, 0.2) is 0 Å². The summed E-state index contributed by atoms with van der Waals surface area (Å²) in [7, 11) is 0. The molecule has 0 saturated carbocycles. The maximum absolute atomic E-state index is 13.0. The molecule has 1 aliphatic carbocycles. The van der Waals surface area contributed by atoms with E-state index in [4.69, 9.17) is 4.74 Å². The predicted octanol–water partition coefficient (Wildman–Crippen LogP) is 4.14. The highest BCUT2D eigenvalue weighted by molar-refractivity contribution is 7.90. The molecule has 1 aromatic carbocycles. The molecule has 2 aliphatic rings. The summed E-state index contributed by atoms with van der Waals surface area (Å²) in [5, 5.41) is 0. The van der Waals surface area contributed by atoms with Gasteiger partial charge in [-0.25, -0.2) is 4.79 Å². The van der Waals surface area contributed by atoms with Gasteiger partial charge >= 0.3 is 6.09 Å². The van der Waals surface area contributed by atoms with Crippen LogP contribution < -0.4 is 4.72 Å². The molecule has 3 atom stereocenters. The standard InChI is InChI=1S/C23H36N2O3S/c1-16-8-9-17-13-23(14-18(17)12-16)10-11-25(20(26)28-21(2,3)4)15-19(23)24-29(27)22(5,6)7/h8-9,12,19,24H,10-11,13-15H2,1-7H3/t19?,23?,29-/m1/s1. The van der Waals surface area contributed by atoms with Crippen molar-refractivity contribution >= 4 is 17.5 Å². The van der Waals surface area contributed by atoms with Crippen molar-refractivity contribution in [2.75, 3.05) is 13.1 Å². The molecule has 1 saturated heterocycles. The number of hydrogen-bond acceptors (Lipinski definition) is 4. The minimum Gasteiger partial charge on any atom is -0.598 e. The largest absolute Gasteiger partial charge is 0.598 e. The second kappa shape index (κ2) is 7.78. The number of piperidine rings is 1. The van der Waals surface area contributed by atoms with Crippen LogP contribution in [0.2, 0.25) is 0 Å². The van der Waals surface area contributed by atoms with Gasteiger partial charge in [0.25, 0.3) is 0 Å². The SMILES string of the molecule is Cc1ccc2c(c1)CC1(CCN(C(=O)OC(C)(C)C)CC1N[S@+]([O-])C(C)(C)C)C2. The first-order valence-corrected chi connectivity index (χ1v) is 11.7. The van der Waals surface area contributed by atoms with E-state index in [9.17, 15) is 9.35 Å². The van der Waals surface area contributed by atoms with Crippen molar-refractivity contribution < 1.29 is 14.1 Å². The molecule has 0 aromatic heterocycles. The van der Waals surface area contributed by atoms with Crippen LogP contribution in [0.5, 0.6) is 0 Å². The number of likely N-dealkylation sites (tertiary alicyclic amines) is 1. The van der Waals surface area contributed by atoms with Gasteiger partial charge in [-0.3, -0.25) is 0 Å². The lowest BCUT2D eigenvalue weighted by Crippen LogP contribution is -2.62. The Morgan fingerprint density at radius 3 is 2.48 bits per heavy atom.